The first-order valence-corrected chi connectivity index (χ1v) is 10.8. The van der Waals surface area contributed by atoms with Crippen LogP contribution in [0.1, 0.15) is 12.8 Å². The van der Waals surface area contributed by atoms with Crippen LogP contribution in [0, 0.1) is 0 Å². The van der Waals surface area contributed by atoms with E-state index in [1.807, 2.05) is 30.6 Å². The Kier molecular flexibility index (Phi) is 4.27. The maximum atomic E-state index is 11.9. The summed E-state index contributed by atoms with van der Waals surface area (Å²) < 4.78 is 6.08. The fraction of sp³-hybridized carbons (Fsp3) is 0.261. The van der Waals surface area contributed by atoms with Crippen molar-refractivity contribution in [1.29, 1.82) is 0 Å². The number of ether oxygens (including phenoxy) is 1. The van der Waals surface area contributed by atoms with Crippen LogP contribution in [0.25, 0.3) is 33.4 Å². The Labute approximate surface area is 184 Å². The molecule has 0 aliphatic carbocycles. The second-order valence-corrected chi connectivity index (χ2v) is 8.19. The van der Waals surface area contributed by atoms with Gasteiger partial charge in [0.1, 0.15) is 18.4 Å². The highest BCUT2D eigenvalue weighted by Gasteiger charge is 2.31. The second-order valence-electron chi connectivity index (χ2n) is 8.19. The summed E-state index contributed by atoms with van der Waals surface area (Å²) in [5.74, 6) is 0.519. The minimum atomic E-state index is -0.285. The molecule has 3 aromatic heterocycles. The van der Waals surface area contributed by atoms with Crippen molar-refractivity contribution in [2.75, 3.05) is 29.9 Å². The Hall–Kier alpha value is -4.01. The molecule has 1 atom stereocenters. The number of carbonyl (C=O) groups is 1. The molecule has 6 rings (SSSR count). The molecule has 0 spiro atoms. The van der Waals surface area contributed by atoms with Gasteiger partial charge in [-0.25, -0.2) is 0 Å². The highest BCUT2D eigenvalue weighted by Crippen LogP contribution is 2.44. The Balaban J connectivity index is 1.46. The molecule has 1 fully saturated rings. The van der Waals surface area contributed by atoms with Gasteiger partial charge in [-0.05, 0) is 31.0 Å². The molecule has 32 heavy (non-hydrogen) atoms. The third kappa shape index (κ3) is 2.96. The van der Waals surface area contributed by atoms with Crippen molar-refractivity contribution in [2.24, 2.45) is 5.73 Å². The van der Waals surface area contributed by atoms with Crippen molar-refractivity contribution in [3.63, 3.8) is 0 Å². The van der Waals surface area contributed by atoms with E-state index in [9.17, 15) is 4.79 Å². The number of benzene rings is 1. The number of aromatic nitrogens is 4. The molecule has 5 heterocycles. The van der Waals surface area contributed by atoms with E-state index < -0.39 is 0 Å². The van der Waals surface area contributed by atoms with E-state index in [1.165, 1.54) is 0 Å². The summed E-state index contributed by atoms with van der Waals surface area (Å²) in [6.45, 7) is 2.05. The van der Waals surface area contributed by atoms with Gasteiger partial charge >= 0.3 is 0 Å². The summed E-state index contributed by atoms with van der Waals surface area (Å²) in [5, 5.41) is 11.3. The summed E-state index contributed by atoms with van der Waals surface area (Å²) in [6, 6.07) is 7.86. The molecule has 1 saturated heterocycles. The minimum absolute atomic E-state index is 0.280. The van der Waals surface area contributed by atoms with E-state index in [1.54, 1.807) is 6.20 Å². The second kappa shape index (κ2) is 7.30. The highest BCUT2D eigenvalue weighted by atomic mass is 16.5. The number of primary amides is 1. The van der Waals surface area contributed by atoms with Crippen LogP contribution in [0.2, 0.25) is 0 Å². The summed E-state index contributed by atoms with van der Waals surface area (Å²) in [5.41, 5.74) is 12.3. The van der Waals surface area contributed by atoms with Crippen LogP contribution >= 0.6 is 0 Å². The van der Waals surface area contributed by atoms with Gasteiger partial charge in [-0.1, -0.05) is 0 Å². The van der Waals surface area contributed by atoms with E-state index in [-0.39, 0.29) is 11.9 Å². The Morgan fingerprint density at radius 1 is 1.22 bits per heavy atom. The average Bonchev–Trinajstić information content (AvgIpc) is 3.53. The van der Waals surface area contributed by atoms with E-state index in [0.29, 0.717) is 13.2 Å². The van der Waals surface area contributed by atoms with Crippen molar-refractivity contribution < 1.29 is 9.53 Å². The maximum absolute atomic E-state index is 11.9. The summed E-state index contributed by atoms with van der Waals surface area (Å²) >= 11 is 0. The zero-order valence-electron chi connectivity index (χ0n) is 17.4. The molecule has 2 aliphatic heterocycles. The van der Waals surface area contributed by atoms with E-state index >= 15 is 0 Å². The van der Waals surface area contributed by atoms with E-state index in [4.69, 9.17) is 10.5 Å². The van der Waals surface area contributed by atoms with Crippen LogP contribution in [-0.2, 0) is 4.79 Å². The molecule has 1 amide bonds. The zero-order chi connectivity index (χ0) is 21.7. The molecular formula is C23H23N7O2. The molecular weight excluding hydrogens is 406 g/mol. The number of anilines is 2. The molecule has 9 nitrogen and oxygen atoms in total. The van der Waals surface area contributed by atoms with Crippen molar-refractivity contribution >= 4 is 28.2 Å². The number of aromatic amines is 2. The minimum Gasteiger partial charge on any atom is -0.491 e. The van der Waals surface area contributed by atoms with Gasteiger partial charge in [0, 0.05) is 48.4 Å². The highest BCUT2D eigenvalue weighted by molar-refractivity contribution is 6.06. The van der Waals surface area contributed by atoms with Crippen molar-refractivity contribution in [3.05, 3.63) is 42.9 Å². The number of rotatable bonds is 4. The van der Waals surface area contributed by atoms with Crippen molar-refractivity contribution in [2.45, 2.75) is 18.9 Å². The van der Waals surface area contributed by atoms with Crippen LogP contribution in [0.4, 0.5) is 11.4 Å². The number of amides is 1. The predicted octanol–water partition coefficient (Wildman–Crippen LogP) is 2.88. The van der Waals surface area contributed by atoms with Crippen molar-refractivity contribution in [3.8, 4) is 28.3 Å². The number of hydrogen-bond donors (Lipinski definition) is 4. The topological polar surface area (TPSA) is 125 Å². The molecule has 0 bridgehead atoms. The third-order valence-electron chi connectivity index (χ3n) is 6.27. The number of hydrogen-bond acceptors (Lipinski definition) is 6. The average molecular weight is 429 g/mol. The lowest BCUT2D eigenvalue weighted by Gasteiger charge is -2.25. The zero-order valence-corrected chi connectivity index (χ0v) is 17.4. The van der Waals surface area contributed by atoms with Gasteiger partial charge in [-0.15, -0.1) is 0 Å². The number of nitrogens with two attached hydrogens (primary N) is 1. The number of H-pyrrole nitrogens is 2. The Morgan fingerprint density at radius 3 is 2.94 bits per heavy atom. The summed E-state index contributed by atoms with van der Waals surface area (Å²) in [7, 11) is 0. The van der Waals surface area contributed by atoms with E-state index in [0.717, 1.165) is 69.9 Å². The molecule has 4 aromatic rings. The van der Waals surface area contributed by atoms with E-state index in [2.05, 4.69) is 36.4 Å². The number of nitrogens with zero attached hydrogens (tertiary/aromatic N) is 3. The molecule has 5 N–H and O–H groups in total. The lowest BCUT2D eigenvalue weighted by molar-refractivity contribution is -0.119. The predicted molar refractivity (Wildman–Crippen MR) is 123 cm³/mol. The number of carbonyl (C=O) groups excluding carboxylic acids is 1. The Morgan fingerprint density at radius 2 is 2.16 bits per heavy atom. The SMILES string of the molecule is NC(=O)[C@@H]1CCCN1c1cc2c3c(c(-c4ccc(-c5cn[nH]c5)nc4)[nH]c3c1)NCCO2. The van der Waals surface area contributed by atoms with Crippen LogP contribution in [0.5, 0.6) is 5.75 Å². The van der Waals surface area contributed by atoms with Gasteiger partial charge in [0.15, 0.2) is 0 Å². The monoisotopic (exact) mass is 429 g/mol. The number of nitrogens with one attached hydrogen (secondary N) is 3. The van der Waals surface area contributed by atoms with Crippen LogP contribution < -0.4 is 20.7 Å². The van der Waals surface area contributed by atoms with Crippen LogP contribution in [0.3, 0.4) is 0 Å². The first-order valence-electron chi connectivity index (χ1n) is 10.8. The lowest BCUT2D eigenvalue weighted by Crippen LogP contribution is -2.40. The fourth-order valence-corrected chi connectivity index (χ4v) is 4.76. The van der Waals surface area contributed by atoms with Crippen molar-refractivity contribution in [1.82, 2.24) is 20.2 Å². The normalized spacial score (nSPS) is 17.8. The van der Waals surface area contributed by atoms with Gasteiger partial charge in [0.25, 0.3) is 0 Å². The quantitative estimate of drug-likeness (QED) is 0.395. The van der Waals surface area contributed by atoms with Gasteiger partial charge in [0.05, 0.1) is 34.2 Å². The molecule has 162 valence electrons. The molecule has 0 radical (unpaired) electrons. The standard InChI is InChI=1S/C23H23N7O2/c24-23(31)18-2-1-6-30(18)15-8-17-20-19(9-15)32-7-5-25-22(20)21(29-17)13-3-4-16(26-10-13)14-11-27-28-12-14/h3-4,8-12,18,25,29H,1-2,5-7H2,(H2,24,31)(H,27,28)/t18-/m0/s1. The van der Waals surface area contributed by atoms with Gasteiger partial charge in [0.2, 0.25) is 5.91 Å². The molecule has 0 unspecified atom stereocenters. The smallest absolute Gasteiger partial charge is 0.240 e. The van der Waals surface area contributed by atoms with Gasteiger partial charge in [-0.2, -0.15) is 5.10 Å². The molecule has 9 heteroatoms. The molecule has 2 aliphatic rings. The molecule has 1 aromatic carbocycles. The lowest BCUT2D eigenvalue weighted by atomic mass is 10.1. The van der Waals surface area contributed by atoms with Crippen LogP contribution in [-0.4, -0.2) is 51.8 Å². The first kappa shape index (κ1) is 18.7. The van der Waals surface area contributed by atoms with Crippen LogP contribution in [0.15, 0.2) is 42.9 Å². The van der Waals surface area contributed by atoms with Gasteiger partial charge in [-0.3, -0.25) is 14.9 Å². The summed E-state index contributed by atoms with van der Waals surface area (Å²) in [4.78, 5) is 22.2. The Bertz CT molecular complexity index is 1290. The largest absolute Gasteiger partial charge is 0.491 e. The van der Waals surface area contributed by atoms with Gasteiger partial charge < -0.3 is 25.7 Å². The fourth-order valence-electron chi connectivity index (χ4n) is 4.76. The first-order chi connectivity index (χ1) is 15.7. The number of pyridine rings is 1. The maximum Gasteiger partial charge on any atom is 0.240 e. The third-order valence-corrected chi connectivity index (χ3v) is 6.27. The molecule has 0 saturated carbocycles. The summed E-state index contributed by atoms with van der Waals surface area (Å²) in [6.07, 6.45) is 7.16.